The quantitative estimate of drug-likeness (QED) is 0.533. The Kier molecular flexibility index (Phi) is 4.75. The van der Waals surface area contributed by atoms with Crippen LogP contribution in [0.4, 0.5) is 5.69 Å². The highest BCUT2D eigenvalue weighted by atomic mass is 32.2. The normalized spacial score (nSPS) is 14.9. The molecule has 31 heavy (non-hydrogen) atoms. The van der Waals surface area contributed by atoms with Crippen molar-refractivity contribution >= 4 is 43.1 Å². The summed E-state index contributed by atoms with van der Waals surface area (Å²) in [5.74, 6) is -0.334. The molecule has 4 aromatic rings. The van der Waals surface area contributed by atoms with E-state index in [0.29, 0.717) is 16.3 Å². The first-order chi connectivity index (χ1) is 15.0. The van der Waals surface area contributed by atoms with Gasteiger partial charge in [0.1, 0.15) is 0 Å². The van der Waals surface area contributed by atoms with E-state index in [4.69, 9.17) is 0 Å². The van der Waals surface area contributed by atoms with Crippen LogP contribution in [0.5, 0.6) is 0 Å². The second-order valence-corrected chi connectivity index (χ2v) is 9.49. The van der Waals surface area contributed by atoms with Crippen molar-refractivity contribution < 1.29 is 13.2 Å². The molecule has 1 saturated heterocycles. The number of nitrogens with zero attached hydrogens (tertiary/aromatic N) is 3. The highest BCUT2D eigenvalue weighted by Crippen LogP contribution is 2.33. The summed E-state index contributed by atoms with van der Waals surface area (Å²) < 4.78 is 28.7. The molecule has 3 aromatic carbocycles. The van der Waals surface area contributed by atoms with Crippen LogP contribution < -0.4 is 10.2 Å². The molecule has 1 N–H and O–H groups in total. The molecule has 158 valence electrons. The van der Waals surface area contributed by atoms with Gasteiger partial charge in [-0.3, -0.25) is 4.79 Å². The zero-order valence-electron chi connectivity index (χ0n) is 17.1. The van der Waals surface area contributed by atoms with Crippen LogP contribution in [0.1, 0.15) is 11.7 Å². The fraction of sp³-hybridized carbons (Fsp3) is 0.217. The number of aromatic nitrogens is 2. The third-order valence-electron chi connectivity index (χ3n) is 5.70. The lowest BCUT2D eigenvalue weighted by Gasteiger charge is -2.29. The number of carbonyl (C=O) groups is 1. The summed E-state index contributed by atoms with van der Waals surface area (Å²) in [6.07, 6.45) is 0. The molecular formula is C23H22N4O3S. The van der Waals surface area contributed by atoms with Gasteiger partial charge in [-0.15, -0.1) is 0 Å². The molecule has 0 unspecified atom stereocenters. The largest absolute Gasteiger partial charge is 0.369 e. The van der Waals surface area contributed by atoms with Gasteiger partial charge in [-0.1, -0.05) is 36.4 Å². The molecule has 1 fully saturated rings. The Morgan fingerprint density at radius 3 is 2.48 bits per heavy atom. The van der Waals surface area contributed by atoms with E-state index in [0.717, 1.165) is 37.3 Å². The van der Waals surface area contributed by atoms with E-state index in [1.165, 1.54) is 11.6 Å². The van der Waals surface area contributed by atoms with Crippen molar-refractivity contribution in [1.82, 2.24) is 15.1 Å². The molecule has 0 spiro atoms. The van der Waals surface area contributed by atoms with Crippen LogP contribution in [0.3, 0.4) is 0 Å². The number of carbonyl (C=O) groups excluding carboxylic acids is 1. The number of sulfone groups is 1. The number of hydrogen-bond donors (Lipinski definition) is 1. The summed E-state index contributed by atoms with van der Waals surface area (Å²) in [6.45, 7) is 4.78. The van der Waals surface area contributed by atoms with E-state index in [9.17, 15) is 13.2 Å². The lowest BCUT2D eigenvalue weighted by molar-refractivity contribution is 0.0925. The maximum absolute atomic E-state index is 13.8. The molecule has 7 nitrogen and oxygen atoms in total. The van der Waals surface area contributed by atoms with Gasteiger partial charge in [-0.05, 0) is 29.7 Å². The smallest absolute Gasteiger partial charge is 0.244 e. The Morgan fingerprint density at radius 2 is 1.71 bits per heavy atom. The lowest BCUT2D eigenvalue weighted by Crippen LogP contribution is -2.43. The Hall–Kier alpha value is -3.23. The first-order valence-corrected chi connectivity index (χ1v) is 11.7. The summed E-state index contributed by atoms with van der Waals surface area (Å²) in [6, 6.07) is 18.1. The van der Waals surface area contributed by atoms with Crippen molar-refractivity contribution in [2.24, 2.45) is 0 Å². The number of fused-ring (bicyclic) bond motifs is 2. The van der Waals surface area contributed by atoms with Gasteiger partial charge >= 0.3 is 0 Å². The molecular weight excluding hydrogens is 412 g/mol. The van der Waals surface area contributed by atoms with E-state index in [-0.39, 0.29) is 15.8 Å². The summed E-state index contributed by atoms with van der Waals surface area (Å²) in [5.41, 5.74) is 1.41. The maximum atomic E-state index is 13.8. The number of hydrogen-bond acceptors (Lipinski definition) is 6. The predicted octanol–water partition coefficient (Wildman–Crippen LogP) is 3.09. The average Bonchev–Trinajstić information content (AvgIpc) is 3.19. The Labute approximate surface area is 180 Å². The van der Waals surface area contributed by atoms with E-state index >= 15 is 0 Å². The molecule has 0 atom stereocenters. The number of rotatable bonds is 3. The van der Waals surface area contributed by atoms with Crippen molar-refractivity contribution in [3.63, 3.8) is 0 Å². The number of piperazine rings is 1. The van der Waals surface area contributed by atoms with Crippen molar-refractivity contribution in [3.8, 4) is 0 Å². The van der Waals surface area contributed by atoms with E-state index < -0.39 is 9.84 Å². The Morgan fingerprint density at radius 1 is 0.968 bits per heavy atom. The van der Waals surface area contributed by atoms with Crippen LogP contribution in [-0.4, -0.2) is 50.3 Å². The van der Waals surface area contributed by atoms with Crippen LogP contribution >= 0.6 is 0 Å². The molecule has 8 heteroatoms. The van der Waals surface area contributed by atoms with Crippen molar-refractivity contribution in [2.75, 3.05) is 31.1 Å². The standard InChI is InChI=1S/C23H22N4O3S/c1-16(28)27-21-10-9-18(26-13-11-24-12-14-26)15-20(21)23(25-27)31(29,30)22-8-4-6-17-5-2-3-7-19(17)22/h2-10,15,24H,11-14H2,1H3. The molecule has 1 aliphatic rings. The third kappa shape index (κ3) is 3.28. The minimum Gasteiger partial charge on any atom is -0.369 e. The Balaban J connectivity index is 1.75. The summed E-state index contributed by atoms with van der Waals surface area (Å²) >= 11 is 0. The SMILES string of the molecule is CC(=O)n1nc(S(=O)(=O)c2cccc3ccccc23)c2cc(N3CCNCC3)ccc21. The number of anilines is 1. The van der Waals surface area contributed by atoms with Crippen LogP contribution in [0.15, 0.2) is 70.6 Å². The monoisotopic (exact) mass is 434 g/mol. The molecule has 1 aliphatic heterocycles. The molecule has 1 aromatic heterocycles. The summed E-state index contributed by atoms with van der Waals surface area (Å²) in [4.78, 5) is 14.6. The van der Waals surface area contributed by atoms with Crippen molar-refractivity contribution in [3.05, 3.63) is 60.7 Å². The van der Waals surface area contributed by atoms with Gasteiger partial charge < -0.3 is 10.2 Å². The van der Waals surface area contributed by atoms with Crippen LogP contribution in [-0.2, 0) is 9.84 Å². The van der Waals surface area contributed by atoms with Gasteiger partial charge in [0.25, 0.3) is 0 Å². The van der Waals surface area contributed by atoms with Gasteiger partial charge in [0, 0.05) is 49.6 Å². The summed E-state index contributed by atoms with van der Waals surface area (Å²) in [5, 5.41) is 9.43. The second kappa shape index (κ2) is 7.47. The molecule has 2 heterocycles. The van der Waals surface area contributed by atoms with Gasteiger partial charge in [0.15, 0.2) is 5.03 Å². The zero-order valence-corrected chi connectivity index (χ0v) is 17.9. The minimum absolute atomic E-state index is 0.0916. The van der Waals surface area contributed by atoms with Gasteiger partial charge in [-0.2, -0.15) is 9.78 Å². The van der Waals surface area contributed by atoms with Crippen LogP contribution in [0.25, 0.3) is 21.7 Å². The van der Waals surface area contributed by atoms with Crippen LogP contribution in [0.2, 0.25) is 0 Å². The van der Waals surface area contributed by atoms with E-state index in [1.807, 2.05) is 36.4 Å². The third-order valence-corrected chi connectivity index (χ3v) is 7.45. The van der Waals surface area contributed by atoms with Gasteiger partial charge in [-0.25, -0.2) is 8.42 Å². The minimum atomic E-state index is -3.97. The highest BCUT2D eigenvalue weighted by Gasteiger charge is 2.28. The number of nitrogens with one attached hydrogen (secondary N) is 1. The predicted molar refractivity (Wildman–Crippen MR) is 121 cm³/mol. The number of benzene rings is 3. The molecule has 0 radical (unpaired) electrons. The van der Waals surface area contributed by atoms with Crippen molar-refractivity contribution in [2.45, 2.75) is 16.8 Å². The average molecular weight is 435 g/mol. The highest BCUT2D eigenvalue weighted by molar-refractivity contribution is 7.91. The Bertz CT molecular complexity index is 1410. The van der Waals surface area contributed by atoms with E-state index in [1.54, 1.807) is 24.3 Å². The molecule has 0 bridgehead atoms. The topological polar surface area (TPSA) is 84.3 Å². The second-order valence-electron chi connectivity index (χ2n) is 7.66. The fourth-order valence-electron chi connectivity index (χ4n) is 4.17. The molecule has 0 saturated carbocycles. The van der Waals surface area contributed by atoms with E-state index in [2.05, 4.69) is 15.3 Å². The van der Waals surface area contributed by atoms with Gasteiger partial charge in [0.2, 0.25) is 15.7 Å². The molecule has 5 rings (SSSR count). The fourth-order valence-corrected chi connectivity index (χ4v) is 5.75. The molecule has 0 amide bonds. The molecule has 0 aliphatic carbocycles. The lowest BCUT2D eigenvalue weighted by atomic mass is 10.1. The van der Waals surface area contributed by atoms with Crippen LogP contribution in [0, 0.1) is 0 Å². The first kappa shape index (κ1) is 19.7. The maximum Gasteiger partial charge on any atom is 0.244 e. The summed E-state index contributed by atoms with van der Waals surface area (Å²) in [7, 11) is -3.97. The zero-order chi connectivity index (χ0) is 21.6. The van der Waals surface area contributed by atoms with Crippen molar-refractivity contribution in [1.29, 1.82) is 0 Å². The first-order valence-electron chi connectivity index (χ1n) is 10.2. The van der Waals surface area contributed by atoms with Gasteiger partial charge in [0.05, 0.1) is 10.4 Å².